The average molecular weight is 309 g/mol. The van der Waals surface area contributed by atoms with Gasteiger partial charge in [-0.15, -0.1) is 0 Å². The molecule has 1 aliphatic rings. The summed E-state index contributed by atoms with van der Waals surface area (Å²) >= 11 is 0. The Bertz CT molecular complexity index is 808. The van der Waals surface area contributed by atoms with Gasteiger partial charge in [-0.3, -0.25) is 14.4 Å². The molecular formula is C18H15NO4. The van der Waals surface area contributed by atoms with E-state index in [1.807, 2.05) is 0 Å². The Kier molecular flexibility index (Phi) is 3.80. The van der Waals surface area contributed by atoms with E-state index in [1.54, 1.807) is 49.6 Å². The molecule has 2 amide bonds. The van der Waals surface area contributed by atoms with Gasteiger partial charge >= 0.3 is 0 Å². The molecule has 0 N–H and O–H groups in total. The van der Waals surface area contributed by atoms with Gasteiger partial charge in [0.1, 0.15) is 0 Å². The lowest BCUT2D eigenvalue weighted by Gasteiger charge is -2.13. The summed E-state index contributed by atoms with van der Waals surface area (Å²) in [5.74, 6) is -0.786. The number of ketones is 1. The van der Waals surface area contributed by atoms with Crippen LogP contribution in [-0.2, 0) is 11.3 Å². The molecule has 2 aromatic rings. The molecule has 0 fully saturated rings. The molecular weight excluding hydrogens is 294 g/mol. The second-order valence-electron chi connectivity index (χ2n) is 5.36. The van der Waals surface area contributed by atoms with E-state index >= 15 is 0 Å². The van der Waals surface area contributed by atoms with E-state index in [2.05, 4.69) is 0 Å². The smallest absolute Gasteiger partial charge is 0.266 e. The summed E-state index contributed by atoms with van der Waals surface area (Å²) in [6.45, 7) is 1.84. The summed E-state index contributed by atoms with van der Waals surface area (Å²) in [6, 6.07) is 11.5. The van der Waals surface area contributed by atoms with Crippen molar-refractivity contribution >= 4 is 23.3 Å². The second kappa shape index (κ2) is 5.78. The van der Waals surface area contributed by atoms with Gasteiger partial charge in [-0.05, 0) is 48.9 Å². The van der Waals surface area contributed by atoms with E-state index in [0.29, 0.717) is 29.0 Å². The molecule has 3 rings (SSSR count). The second-order valence-corrected chi connectivity index (χ2v) is 5.36. The van der Waals surface area contributed by atoms with Gasteiger partial charge in [0.15, 0.2) is 5.78 Å². The van der Waals surface area contributed by atoms with E-state index in [0.717, 1.165) is 10.5 Å². The number of benzene rings is 2. The number of fused-ring (bicyclic) bond motifs is 1. The summed E-state index contributed by atoms with van der Waals surface area (Å²) in [7, 11) is 1.57. The average Bonchev–Trinajstić information content (AvgIpc) is 2.79. The van der Waals surface area contributed by atoms with Crippen LogP contribution in [0.4, 0.5) is 5.69 Å². The number of ether oxygens (including phenoxy) is 1. The minimum absolute atomic E-state index is 0.0666. The summed E-state index contributed by atoms with van der Waals surface area (Å²) in [5.41, 5.74) is 2.58. The van der Waals surface area contributed by atoms with Gasteiger partial charge in [-0.1, -0.05) is 6.07 Å². The minimum Gasteiger partial charge on any atom is -0.380 e. The number of hydrogen-bond donors (Lipinski definition) is 0. The Morgan fingerprint density at radius 2 is 1.65 bits per heavy atom. The maximum atomic E-state index is 12.6. The number of carbonyl (C=O) groups excluding carboxylic acids is 3. The standard InChI is InChI=1S/C18H15NO4/c1-11(20)13-4-6-14(7-5-13)19-17(21)15-8-3-12(10-23-2)9-16(15)18(19)22/h3-9H,10H2,1-2H3. The summed E-state index contributed by atoms with van der Waals surface area (Å²) < 4.78 is 5.06. The number of rotatable bonds is 4. The molecule has 5 nitrogen and oxygen atoms in total. The summed E-state index contributed by atoms with van der Waals surface area (Å²) in [6.07, 6.45) is 0. The highest BCUT2D eigenvalue weighted by Gasteiger charge is 2.36. The monoisotopic (exact) mass is 309 g/mol. The van der Waals surface area contributed by atoms with E-state index in [4.69, 9.17) is 4.74 Å². The van der Waals surface area contributed by atoms with Crippen molar-refractivity contribution in [3.8, 4) is 0 Å². The molecule has 0 aromatic heterocycles. The molecule has 0 bridgehead atoms. The third-order valence-corrected chi connectivity index (χ3v) is 3.79. The van der Waals surface area contributed by atoms with Crippen LogP contribution in [0.3, 0.4) is 0 Å². The number of imide groups is 1. The topological polar surface area (TPSA) is 63.7 Å². The number of carbonyl (C=O) groups is 3. The van der Waals surface area contributed by atoms with Gasteiger partial charge in [-0.2, -0.15) is 0 Å². The Labute approximate surface area is 133 Å². The minimum atomic E-state index is -0.362. The zero-order chi connectivity index (χ0) is 16.6. The zero-order valence-corrected chi connectivity index (χ0v) is 12.8. The van der Waals surface area contributed by atoms with Crippen LogP contribution in [0.2, 0.25) is 0 Å². The Morgan fingerprint density at radius 1 is 1.00 bits per heavy atom. The number of methoxy groups -OCH3 is 1. The molecule has 0 aliphatic carbocycles. The molecule has 1 heterocycles. The predicted octanol–water partition coefficient (Wildman–Crippen LogP) is 2.84. The number of hydrogen-bond acceptors (Lipinski definition) is 4. The number of anilines is 1. The first-order valence-electron chi connectivity index (χ1n) is 7.14. The normalized spacial score (nSPS) is 13.4. The fourth-order valence-electron chi connectivity index (χ4n) is 2.62. The zero-order valence-electron chi connectivity index (χ0n) is 12.8. The SMILES string of the molecule is COCc1ccc2c(c1)C(=O)N(c1ccc(C(C)=O)cc1)C2=O. The molecule has 0 saturated heterocycles. The van der Waals surface area contributed by atoms with Crippen LogP contribution in [0.15, 0.2) is 42.5 Å². The van der Waals surface area contributed by atoms with Crippen LogP contribution < -0.4 is 4.90 Å². The third kappa shape index (κ3) is 2.55. The van der Waals surface area contributed by atoms with Crippen molar-refractivity contribution in [1.82, 2.24) is 0 Å². The van der Waals surface area contributed by atoms with Gasteiger partial charge in [0.05, 0.1) is 23.4 Å². The predicted molar refractivity (Wildman–Crippen MR) is 84.7 cm³/mol. The van der Waals surface area contributed by atoms with Crippen molar-refractivity contribution in [2.45, 2.75) is 13.5 Å². The summed E-state index contributed by atoms with van der Waals surface area (Å²) in [4.78, 5) is 37.5. The molecule has 0 radical (unpaired) electrons. The van der Waals surface area contributed by atoms with Crippen LogP contribution in [0.25, 0.3) is 0 Å². The summed E-state index contributed by atoms with van der Waals surface area (Å²) in [5, 5.41) is 0. The molecule has 5 heteroatoms. The van der Waals surface area contributed by atoms with Crippen molar-refractivity contribution in [2.24, 2.45) is 0 Å². The fraction of sp³-hybridized carbons (Fsp3) is 0.167. The lowest BCUT2D eigenvalue weighted by molar-refractivity contribution is 0.0925. The van der Waals surface area contributed by atoms with E-state index < -0.39 is 0 Å². The third-order valence-electron chi connectivity index (χ3n) is 3.79. The Balaban J connectivity index is 1.97. The first-order valence-corrected chi connectivity index (χ1v) is 7.14. The number of amides is 2. The van der Waals surface area contributed by atoms with E-state index in [1.165, 1.54) is 6.92 Å². The van der Waals surface area contributed by atoms with Crippen molar-refractivity contribution in [3.05, 3.63) is 64.7 Å². The van der Waals surface area contributed by atoms with Gasteiger partial charge in [-0.25, -0.2) is 4.90 Å². The highest BCUT2D eigenvalue weighted by Crippen LogP contribution is 2.29. The highest BCUT2D eigenvalue weighted by atomic mass is 16.5. The number of nitrogens with zero attached hydrogens (tertiary/aromatic N) is 1. The number of Topliss-reactive ketones (excluding diaryl/α,β-unsaturated/α-hetero) is 1. The van der Waals surface area contributed by atoms with Crippen molar-refractivity contribution in [3.63, 3.8) is 0 Å². The van der Waals surface area contributed by atoms with Crippen molar-refractivity contribution < 1.29 is 19.1 Å². The van der Waals surface area contributed by atoms with E-state index in [-0.39, 0.29) is 17.6 Å². The lowest BCUT2D eigenvalue weighted by Crippen LogP contribution is -2.29. The molecule has 0 saturated carbocycles. The largest absolute Gasteiger partial charge is 0.380 e. The molecule has 0 spiro atoms. The molecule has 2 aromatic carbocycles. The molecule has 116 valence electrons. The van der Waals surface area contributed by atoms with Gasteiger partial charge < -0.3 is 4.74 Å². The maximum absolute atomic E-state index is 12.6. The molecule has 0 unspecified atom stereocenters. The lowest BCUT2D eigenvalue weighted by atomic mass is 10.1. The first kappa shape index (κ1) is 15.1. The molecule has 23 heavy (non-hydrogen) atoms. The molecule has 0 atom stereocenters. The fourth-order valence-corrected chi connectivity index (χ4v) is 2.62. The Morgan fingerprint density at radius 3 is 2.26 bits per heavy atom. The van der Waals surface area contributed by atoms with Crippen molar-refractivity contribution in [2.75, 3.05) is 12.0 Å². The van der Waals surface area contributed by atoms with Gasteiger partial charge in [0.2, 0.25) is 0 Å². The highest BCUT2D eigenvalue weighted by molar-refractivity contribution is 6.34. The van der Waals surface area contributed by atoms with Gasteiger partial charge in [0.25, 0.3) is 11.8 Å². The maximum Gasteiger partial charge on any atom is 0.266 e. The van der Waals surface area contributed by atoms with Crippen LogP contribution in [0, 0.1) is 0 Å². The van der Waals surface area contributed by atoms with E-state index in [9.17, 15) is 14.4 Å². The van der Waals surface area contributed by atoms with Crippen LogP contribution in [0.1, 0.15) is 43.6 Å². The molecule has 1 aliphatic heterocycles. The first-order chi connectivity index (χ1) is 11.0. The van der Waals surface area contributed by atoms with Gasteiger partial charge in [0, 0.05) is 12.7 Å². The Hall–Kier alpha value is -2.79. The van der Waals surface area contributed by atoms with Crippen LogP contribution in [-0.4, -0.2) is 24.7 Å². The quantitative estimate of drug-likeness (QED) is 0.643. The van der Waals surface area contributed by atoms with Crippen molar-refractivity contribution in [1.29, 1.82) is 0 Å². The van der Waals surface area contributed by atoms with Crippen LogP contribution >= 0.6 is 0 Å². The van der Waals surface area contributed by atoms with Crippen LogP contribution in [0.5, 0.6) is 0 Å².